The van der Waals surface area contributed by atoms with Crippen LogP contribution in [0, 0.1) is 0 Å². The summed E-state index contributed by atoms with van der Waals surface area (Å²) in [6.45, 7) is 5.35. The van der Waals surface area contributed by atoms with Gasteiger partial charge in [0.1, 0.15) is 5.75 Å². The van der Waals surface area contributed by atoms with Gasteiger partial charge >= 0.3 is 5.97 Å². The molecule has 31 heavy (non-hydrogen) atoms. The Morgan fingerprint density at radius 3 is 2.48 bits per heavy atom. The molecule has 0 saturated heterocycles. The molecule has 1 aliphatic heterocycles. The first-order valence-corrected chi connectivity index (χ1v) is 10.7. The summed E-state index contributed by atoms with van der Waals surface area (Å²) in [4.78, 5) is 16.7. The number of rotatable bonds is 11. The summed E-state index contributed by atoms with van der Waals surface area (Å²) in [6, 6.07) is 12.8. The van der Waals surface area contributed by atoms with Crippen molar-refractivity contribution in [3.63, 3.8) is 0 Å². The van der Waals surface area contributed by atoms with Gasteiger partial charge in [0, 0.05) is 5.56 Å². The SMILES string of the molecule is CCCCCCOc1ccc(C=C2N=C(c3ccc(OCC)cc3)OC2=O)cc1OC. The summed E-state index contributed by atoms with van der Waals surface area (Å²) in [5.41, 5.74) is 1.72. The third-order valence-electron chi connectivity index (χ3n) is 4.78. The standard InChI is InChI=1S/C25H29NO5/c1-4-6-7-8-15-30-22-14-9-18(17-23(22)28-3)16-21-25(27)31-24(26-21)19-10-12-20(13-11-19)29-5-2/h9-14,16-17H,4-8,15H2,1-3H3. The summed E-state index contributed by atoms with van der Waals surface area (Å²) in [5.74, 6) is 1.85. The molecule has 0 fully saturated rings. The molecule has 0 radical (unpaired) electrons. The highest BCUT2D eigenvalue weighted by molar-refractivity contribution is 6.12. The van der Waals surface area contributed by atoms with E-state index in [1.54, 1.807) is 13.2 Å². The normalized spacial score (nSPS) is 14.4. The van der Waals surface area contributed by atoms with Crippen molar-refractivity contribution in [1.29, 1.82) is 0 Å². The second-order valence-corrected chi connectivity index (χ2v) is 7.11. The number of carbonyl (C=O) groups is 1. The van der Waals surface area contributed by atoms with Gasteiger partial charge in [0.15, 0.2) is 17.2 Å². The molecule has 0 unspecified atom stereocenters. The van der Waals surface area contributed by atoms with E-state index in [0.717, 1.165) is 24.2 Å². The minimum Gasteiger partial charge on any atom is -0.494 e. The van der Waals surface area contributed by atoms with Gasteiger partial charge in [0.2, 0.25) is 5.90 Å². The van der Waals surface area contributed by atoms with Gasteiger partial charge in [0.05, 0.1) is 20.3 Å². The van der Waals surface area contributed by atoms with Crippen LogP contribution in [0.25, 0.3) is 6.08 Å². The molecular weight excluding hydrogens is 394 g/mol. The first-order valence-electron chi connectivity index (χ1n) is 10.7. The largest absolute Gasteiger partial charge is 0.494 e. The van der Waals surface area contributed by atoms with Crippen molar-refractivity contribution in [3.8, 4) is 17.2 Å². The third kappa shape index (κ3) is 6.10. The van der Waals surface area contributed by atoms with Crippen molar-refractivity contribution in [3.05, 3.63) is 59.3 Å². The van der Waals surface area contributed by atoms with Gasteiger partial charge in [-0.1, -0.05) is 32.3 Å². The molecule has 3 rings (SSSR count). The van der Waals surface area contributed by atoms with E-state index in [9.17, 15) is 4.79 Å². The lowest BCUT2D eigenvalue weighted by molar-refractivity contribution is -0.129. The van der Waals surface area contributed by atoms with Crippen LogP contribution < -0.4 is 14.2 Å². The zero-order chi connectivity index (χ0) is 22.1. The summed E-state index contributed by atoms with van der Waals surface area (Å²) < 4.78 is 22.1. The Kier molecular flexibility index (Phi) is 8.10. The molecule has 6 nitrogen and oxygen atoms in total. The maximum absolute atomic E-state index is 12.3. The van der Waals surface area contributed by atoms with E-state index in [1.807, 2.05) is 49.4 Å². The summed E-state index contributed by atoms with van der Waals surface area (Å²) >= 11 is 0. The fourth-order valence-corrected chi connectivity index (χ4v) is 3.16. The van der Waals surface area contributed by atoms with Crippen LogP contribution in [0.1, 0.15) is 50.7 Å². The fourth-order valence-electron chi connectivity index (χ4n) is 3.16. The molecule has 164 valence electrons. The number of benzene rings is 2. The number of aliphatic imine (C=N–C) groups is 1. The van der Waals surface area contributed by atoms with E-state index in [1.165, 1.54) is 12.8 Å². The van der Waals surface area contributed by atoms with Crippen molar-refractivity contribution in [2.24, 2.45) is 4.99 Å². The summed E-state index contributed by atoms with van der Waals surface area (Å²) in [7, 11) is 1.60. The zero-order valence-corrected chi connectivity index (χ0v) is 18.3. The number of hydrogen-bond donors (Lipinski definition) is 0. The summed E-state index contributed by atoms with van der Waals surface area (Å²) in [6.07, 6.45) is 6.25. The number of unbranched alkanes of at least 4 members (excludes halogenated alkanes) is 3. The van der Waals surface area contributed by atoms with Crippen LogP contribution in [-0.2, 0) is 9.53 Å². The van der Waals surface area contributed by atoms with Crippen LogP contribution in [0.3, 0.4) is 0 Å². The highest BCUT2D eigenvalue weighted by atomic mass is 16.6. The molecule has 1 aliphatic rings. The maximum Gasteiger partial charge on any atom is 0.363 e. The van der Waals surface area contributed by atoms with Crippen LogP contribution in [-0.4, -0.2) is 32.2 Å². The number of cyclic esters (lactones) is 1. The lowest BCUT2D eigenvalue weighted by Gasteiger charge is -2.11. The van der Waals surface area contributed by atoms with Gasteiger partial charge in [-0.15, -0.1) is 0 Å². The van der Waals surface area contributed by atoms with Crippen molar-refractivity contribution >= 4 is 17.9 Å². The highest BCUT2D eigenvalue weighted by Gasteiger charge is 2.24. The molecular formula is C25H29NO5. The van der Waals surface area contributed by atoms with Gasteiger partial charge in [-0.3, -0.25) is 0 Å². The van der Waals surface area contributed by atoms with Crippen LogP contribution in [0.4, 0.5) is 0 Å². The van der Waals surface area contributed by atoms with E-state index < -0.39 is 5.97 Å². The predicted molar refractivity (Wildman–Crippen MR) is 121 cm³/mol. The Balaban J connectivity index is 1.72. The average molecular weight is 424 g/mol. The fraction of sp³-hybridized carbons (Fsp3) is 0.360. The Morgan fingerprint density at radius 1 is 0.968 bits per heavy atom. The molecule has 6 heteroatoms. The molecule has 0 spiro atoms. The quantitative estimate of drug-likeness (QED) is 0.275. The van der Waals surface area contributed by atoms with Gasteiger partial charge in [-0.05, 0) is 61.4 Å². The van der Waals surface area contributed by atoms with E-state index in [2.05, 4.69) is 11.9 Å². The van der Waals surface area contributed by atoms with Crippen molar-refractivity contribution in [2.75, 3.05) is 20.3 Å². The van der Waals surface area contributed by atoms with Crippen LogP contribution in [0.2, 0.25) is 0 Å². The Morgan fingerprint density at radius 2 is 1.77 bits per heavy atom. The number of methoxy groups -OCH3 is 1. The molecule has 0 aliphatic carbocycles. The maximum atomic E-state index is 12.3. The first-order chi connectivity index (χ1) is 15.1. The second-order valence-electron chi connectivity index (χ2n) is 7.11. The van der Waals surface area contributed by atoms with Crippen molar-refractivity contribution < 1.29 is 23.7 Å². The first kappa shape index (κ1) is 22.4. The molecule has 0 aromatic heterocycles. The van der Waals surface area contributed by atoms with Crippen LogP contribution in [0.5, 0.6) is 17.2 Å². The Hall–Kier alpha value is -3.28. The van der Waals surface area contributed by atoms with Gasteiger partial charge in [0.25, 0.3) is 0 Å². The highest BCUT2D eigenvalue weighted by Crippen LogP contribution is 2.30. The smallest absolute Gasteiger partial charge is 0.363 e. The molecule has 2 aromatic carbocycles. The third-order valence-corrected chi connectivity index (χ3v) is 4.78. The minimum atomic E-state index is -0.487. The number of ether oxygens (including phenoxy) is 4. The number of carbonyl (C=O) groups excluding carboxylic acids is 1. The minimum absolute atomic E-state index is 0.235. The zero-order valence-electron chi connectivity index (χ0n) is 18.3. The molecule has 0 amide bonds. The van der Waals surface area contributed by atoms with Gasteiger partial charge in [-0.2, -0.15) is 0 Å². The monoisotopic (exact) mass is 423 g/mol. The summed E-state index contributed by atoms with van der Waals surface area (Å²) in [5, 5.41) is 0. The van der Waals surface area contributed by atoms with Gasteiger partial charge < -0.3 is 18.9 Å². The average Bonchev–Trinajstić information content (AvgIpc) is 3.15. The van der Waals surface area contributed by atoms with Crippen LogP contribution in [0.15, 0.2) is 53.2 Å². The van der Waals surface area contributed by atoms with Crippen molar-refractivity contribution in [1.82, 2.24) is 0 Å². The Labute approximate surface area is 183 Å². The number of esters is 1. The van der Waals surface area contributed by atoms with Crippen molar-refractivity contribution in [2.45, 2.75) is 39.5 Å². The second kappa shape index (κ2) is 11.2. The van der Waals surface area contributed by atoms with E-state index in [4.69, 9.17) is 18.9 Å². The van der Waals surface area contributed by atoms with Gasteiger partial charge in [-0.25, -0.2) is 9.79 Å². The number of nitrogens with zero attached hydrogens (tertiary/aromatic N) is 1. The predicted octanol–water partition coefficient (Wildman–Crippen LogP) is 5.40. The van der Waals surface area contributed by atoms with E-state index >= 15 is 0 Å². The topological polar surface area (TPSA) is 66.3 Å². The molecule has 0 bridgehead atoms. The molecule has 2 aromatic rings. The molecule has 0 saturated carbocycles. The van der Waals surface area contributed by atoms with E-state index in [-0.39, 0.29) is 11.6 Å². The lowest BCUT2D eigenvalue weighted by Crippen LogP contribution is -2.05. The molecule has 0 N–H and O–H groups in total. The molecule has 0 atom stereocenters. The molecule has 1 heterocycles. The van der Waals surface area contributed by atoms with E-state index in [0.29, 0.717) is 30.3 Å². The number of hydrogen-bond acceptors (Lipinski definition) is 6. The Bertz CT molecular complexity index is 947. The lowest BCUT2D eigenvalue weighted by atomic mass is 10.1. The van der Waals surface area contributed by atoms with Crippen LogP contribution >= 0.6 is 0 Å².